The Balaban J connectivity index is 1.88. The van der Waals surface area contributed by atoms with Gasteiger partial charge in [-0.3, -0.25) is 9.59 Å². The molecule has 22 heavy (non-hydrogen) atoms. The van der Waals surface area contributed by atoms with Crippen LogP contribution in [0.15, 0.2) is 42.5 Å². The number of hydrogen-bond donors (Lipinski definition) is 2. The molecule has 0 atom stereocenters. The van der Waals surface area contributed by atoms with E-state index in [1.54, 1.807) is 30.3 Å². The summed E-state index contributed by atoms with van der Waals surface area (Å²) in [4.78, 5) is 23.8. The predicted octanol–water partition coefficient (Wildman–Crippen LogP) is 3.33. The molecule has 0 aliphatic heterocycles. The minimum Gasteiger partial charge on any atom is -0.343 e. The fourth-order valence-electron chi connectivity index (χ4n) is 1.88. The topological polar surface area (TPSA) is 58.2 Å². The molecule has 0 radical (unpaired) electrons. The average Bonchev–Trinajstić information content (AvgIpc) is 2.50. The second kappa shape index (κ2) is 7.09. The summed E-state index contributed by atoms with van der Waals surface area (Å²) in [5.41, 5.74) is 3.34. The number of aryl methyl sites for hydroxylation is 2. The van der Waals surface area contributed by atoms with Crippen LogP contribution in [0, 0.1) is 13.8 Å². The third-order valence-corrected chi connectivity index (χ3v) is 3.56. The molecular formula is C17H17ClN2O2. The summed E-state index contributed by atoms with van der Waals surface area (Å²) in [7, 11) is 0. The third-order valence-electron chi connectivity index (χ3n) is 3.31. The second-order valence-corrected chi connectivity index (χ2v) is 5.47. The first-order chi connectivity index (χ1) is 10.5. The van der Waals surface area contributed by atoms with Crippen molar-refractivity contribution in [3.63, 3.8) is 0 Å². The maximum absolute atomic E-state index is 12.0. The highest BCUT2D eigenvalue weighted by molar-refractivity contribution is 6.30. The van der Waals surface area contributed by atoms with Crippen molar-refractivity contribution in [1.29, 1.82) is 0 Å². The molecule has 0 heterocycles. The monoisotopic (exact) mass is 316 g/mol. The number of carbonyl (C=O) groups is 2. The van der Waals surface area contributed by atoms with Crippen LogP contribution in [0.2, 0.25) is 5.02 Å². The summed E-state index contributed by atoms with van der Waals surface area (Å²) < 4.78 is 0. The molecule has 0 saturated carbocycles. The van der Waals surface area contributed by atoms with Gasteiger partial charge in [0.2, 0.25) is 5.91 Å². The number of benzene rings is 2. The fraction of sp³-hybridized carbons (Fsp3) is 0.176. The van der Waals surface area contributed by atoms with E-state index in [0.29, 0.717) is 16.3 Å². The van der Waals surface area contributed by atoms with E-state index < -0.39 is 0 Å². The van der Waals surface area contributed by atoms with Gasteiger partial charge in [0, 0.05) is 16.3 Å². The van der Waals surface area contributed by atoms with Crippen molar-refractivity contribution in [1.82, 2.24) is 5.32 Å². The molecule has 5 heteroatoms. The first kappa shape index (κ1) is 16.0. The number of hydrogen-bond acceptors (Lipinski definition) is 2. The van der Waals surface area contributed by atoms with Gasteiger partial charge in [0.25, 0.3) is 5.91 Å². The number of anilines is 1. The van der Waals surface area contributed by atoms with Crippen LogP contribution in [0.5, 0.6) is 0 Å². The molecule has 0 bridgehead atoms. The molecule has 114 valence electrons. The van der Waals surface area contributed by atoms with E-state index >= 15 is 0 Å². The predicted molar refractivity (Wildman–Crippen MR) is 88.3 cm³/mol. The summed E-state index contributed by atoms with van der Waals surface area (Å²) in [5.74, 6) is -0.561. The third kappa shape index (κ3) is 4.33. The molecule has 2 aromatic rings. The van der Waals surface area contributed by atoms with Crippen LogP contribution in [0.1, 0.15) is 21.5 Å². The highest BCUT2D eigenvalue weighted by Gasteiger charge is 2.09. The van der Waals surface area contributed by atoms with E-state index in [0.717, 1.165) is 11.1 Å². The van der Waals surface area contributed by atoms with Gasteiger partial charge in [0.05, 0.1) is 6.54 Å². The summed E-state index contributed by atoms with van der Waals surface area (Å²) in [6, 6.07) is 12.2. The lowest BCUT2D eigenvalue weighted by Crippen LogP contribution is -2.32. The Morgan fingerprint density at radius 1 is 1.00 bits per heavy atom. The lowest BCUT2D eigenvalue weighted by molar-refractivity contribution is -0.115. The van der Waals surface area contributed by atoms with E-state index in [1.165, 1.54) is 0 Å². The zero-order valence-electron chi connectivity index (χ0n) is 12.4. The second-order valence-electron chi connectivity index (χ2n) is 5.04. The van der Waals surface area contributed by atoms with E-state index in [9.17, 15) is 9.59 Å². The van der Waals surface area contributed by atoms with Crippen LogP contribution >= 0.6 is 11.6 Å². The van der Waals surface area contributed by atoms with Crippen LogP contribution in [-0.2, 0) is 4.79 Å². The van der Waals surface area contributed by atoms with Crippen LogP contribution in [0.4, 0.5) is 5.69 Å². The standard InChI is InChI=1S/C17H17ClN2O2/c1-11-3-4-13(9-12(11)2)17(22)19-10-16(21)20-15-7-5-14(18)6-8-15/h3-9H,10H2,1-2H3,(H,19,22)(H,20,21). The Labute approximate surface area is 134 Å². The normalized spacial score (nSPS) is 10.1. The molecule has 0 fully saturated rings. The SMILES string of the molecule is Cc1ccc(C(=O)NCC(=O)Nc2ccc(Cl)cc2)cc1C. The molecule has 0 unspecified atom stereocenters. The lowest BCUT2D eigenvalue weighted by Gasteiger charge is -2.08. The van der Waals surface area contributed by atoms with Crippen molar-refractivity contribution in [2.45, 2.75) is 13.8 Å². The van der Waals surface area contributed by atoms with Crippen molar-refractivity contribution >= 4 is 29.1 Å². The van der Waals surface area contributed by atoms with Gasteiger partial charge in [-0.15, -0.1) is 0 Å². The maximum Gasteiger partial charge on any atom is 0.251 e. The van der Waals surface area contributed by atoms with Crippen LogP contribution in [-0.4, -0.2) is 18.4 Å². The molecule has 0 aliphatic rings. The Hall–Kier alpha value is -2.33. The highest BCUT2D eigenvalue weighted by Crippen LogP contribution is 2.13. The smallest absolute Gasteiger partial charge is 0.251 e. The lowest BCUT2D eigenvalue weighted by atomic mass is 10.1. The van der Waals surface area contributed by atoms with Gasteiger partial charge in [-0.05, 0) is 61.4 Å². The molecule has 0 aromatic heterocycles. The Bertz CT molecular complexity index is 696. The van der Waals surface area contributed by atoms with Gasteiger partial charge >= 0.3 is 0 Å². The number of carbonyl (C=O) groups excluding carboxylic acids is 2. The molecule has 2 amide bonds. The van der Waals surface area contributed by atoms with E-state index in [2.05, 4.69) is 10.6 Å². The van der Waals surface area contributed by atoms with E-state index in [4.69, 9.17) is 11.6 Å². The molecule has 0 saturated heterocycles. The average molecular weight is 317 g/mol. The first-order valence-corrected chi connectivity index (χ1v) is 7.24. The molecule has 0 spiro atoms. The van der Waals surface area contributed by atoms with Gasteiger partial charge < -0.3 is 10.6 Å². The van der Waals surface area contributed by atoms with Crippen molar-refractivity contribution in [2.75, 3.05) is 11.9 Å². The van der Waals surface area contributed by atoms with E-state index in [1.807, 2.05) is 26.0 Å². The molecule has 2 aromatic carbocycles. The minimum atomic E-state index is -0.292. The fourth-order valence-corrected chi connectivity index (χ4v) is 2.01. The Kier molecular flexibility index (Phi) is 5.17. The summed E-state index contributed by atoms with van der Waals surface area (Å²) in [5, 5.41) is 5.88. The molecule has 0 aliphatic carbocycles. The van der Waals surface area contributed by atoms with Gasteiger partial charge in [0.15, 0.2) is 0 Å². The van der Waals surface area contributed by atoms with Crippen LogP contribution in [0.3, 0.4) is 0 Å². The van der Waals surface area contributed by atoms with Crippen LogP contribution in [0.25, 0.3) is 0 Å². The van der Waals surface area contributed by atoms with Crippen molar-refractivity contribution in [3.8, 4) is 0 Å². The number of halogens is 1. The summed E-state index contributed by atoms with van der Waals surface area (Å²) in [6.07, 6.45) is 0. The van der Waals surface area contributed by atoms with Crippen molar-refractivity contribution in [2.24, 2.45) is 0 Å². The van der Waals surface area contributed by atoms with Gasteiger partial charge in [0.1, 0.15) is 0 Å². The number of rotatable bonds is 4. The maximum atomic E-state index is 12.0. The Morgan fingerprint density at radius 2 is 1.68 bits per heavy atom. The van der Waals surface area contributed by atoms with E-state index in [-0.39, 0.29) is 18.4 Å². The quantitative estimate of drug-likeness (QED) is 0.909. The van der Waals surface area contributed by atoms with Crippen LogP contribution < -0.4 is 10.6 Å². The summed E-state index contributed by atoms with van der Waals surface area (Å²) in [6.45, 7) is 3.84. The molecule has 2 rings (SSSR count). The Morgan fingerprint density at radius 3 is 2.32 bits per heavy atom. The van der Waals surface area contributed by atoms with Gasteiger partial charge in [-0.25, -0.2) is 0 Å². The van der Waals surface area contributed by atoms with Gasteiger partial charge in [-0.1, -0.05) is 17.7 Å². The molecule has 4 nitrogen and oxygen atoms in total. The number of amides is 2. The minimum absolute atomic E-state index is 0.0889. The molecular weight excluding hydrogens is 300 g/mol. The van der Waals surface area contributed by atoms with Gasteiger partial charge in [-0.2, -0.15) is 0 Å². The number of nitrogens with one attached hydrogen (secondary N) is 2. The van der Waals surface area contributed by atoms with Crippen molar-refractivity contribution in [3.05, 3.63) is 64.2 Å². The van der Waals surface area contributed by atoms with Crippen molar-refractivity contribution < 1.29 is 9.59 Å². The largest absolute Gasteiger partial charge is 0.343 e. The zero-order valence-corrected chi connectivity index (χ0v) is 13.2. The summed E-state index contributed by atoms with van der Waals surface area (Å²) >= 11 is 5.77. The first-order valence-electron chi connectivity index (χ1n) is 6.86. The zero-order chi connectivity index (χ0) is 16.1. The molecule has 2 N–H and O–H groups in total. The highest BCUT2D eigenvalue weighted by atomic mass is 35.5.